The van der Waals surface area contributed by atoms with Gasteiger partial charge in [0.2, 0.25) is 5.91 Å². The van der Waals surface area contributed by atoms with E-state index < -0.39 is 0 Å². The van der Waals surface area contributed by atoms with E-state index in [0.29, 0.717) is 29.6 Å². The molecule has 5 heteroatoms. The monoisotopic (exact) mass is 603 g/mol. The summed E-state index contributed by atoms with van der Waals surface area (Å²) in [7, 11) is 1.67. The third kappa shape index (κ3) is 4.37. The van der Waals surface area contributed by atoms with Gasteiger partial charge in [0.15, 0.2) is 0 Å². The van der Waals surface area contributed by atoms with Gasteiger partial charge in [-0.25, -0.2) is 0 Å². The van der Waals surface area contributed by atoms with Crippen LogP contribution in [0.25, 0.3) is 0 Å². The second kappa shape index (κ2) is 10.6. The van der Waals surface area contributed by atoms with E-state index >= 15 is 0 Å². The molecule has 5 nitrogen and oxygen atoms in total. The average molecular weight is 604 g/mol. The number of methoxy groups -OCH3 is 1. The molecule has 0 saturated heterocycles. The number of fused-ring (bicyclic) bond motifs is 7. The summed E-state index contributed by atoms with van der Waals surface area (Å²) >= 11 is 0. The predicted molar refractivity (Wildman–Crippen MR) is 176 cm³/mol. The maximum Gasteiger partial charge on any atom is 0.302 e. The van der Waals surface area contributed by atoms with Crippen LogP contribution in [0.3, 0.4) is 0 Å². The number of hydrogen-bond acceptors (Lipinski definition) is 4. The van der Waals surface area contributed by atoms with Gasteiger partial charge in [-0.05, 0) is 141 Å². The Morgan fingerprint density at radius 2 is 1.52 bits per heavy atom. The zero-order valence-electron chi connectivity index (χ0n) is 28.7. The summed E-state index contributed by atoms with van der Waals surface area (Å²) in [6, 6.07) is 7.77. The van der Waals surface area contributed by atoms with Gasteiger partial charge in [-0.2, -0.15) is 0 Å². The zero-order valence-corrected chi connectivity index (χ0v) is 28.7. The van der Waals surface area contributed by atoms with E-state index in [-0.39, 0.29) is 45.1 Å². The van der Waals surface area contributed by atoms with Gasteiger partial charge in [-0.1, -0.05) is 46.8 Å². The number of carbonyl (C=O) groups is 2. The van der Waals surface area contributed by atoms with Gasteiger partial charge in [-0.15, -0.1) is 0 Å². The molecule has 10 atom stereocenters. The van der Waals surface area contributed by atoms with Gasteiger partial charge >= 0.3 is 5.97 Å². The molecular weight excluding hydrogens is 546 g/mol. The Morgan fingerprint density at radius 3 is 2.16 bits per heavy atom. The first-order chi connectivity index (χ1) is 20.6. The van der Waals surface area contributed by atoms with Crippen LogP contribution in [-0.4, -0.2) is 25.1 Å². The lowest BCUT2D eigenvalue weighted by Gasteiger charge is -2.72. The number of allylic oxidation sites excluding steroid dienone is 1. The summed E-state index contributed by atoms with van der Waals surface area (Å²) in [6.07, 6.45) is 11.0. The quantitative estimate of drug-likeness (QED) is 0.269. The summed E-state index contributed by atoms with van der Waals surface area (Å²) in [5.41, 5.74) is 2.35. The fraction of sp³-hybridized carbons (Fsp3) is 0.744. The number of esters is 1. The highest BCUT2D eigenvalue weighted by molar-refractivity contribution is 5.96. The molecule has 5 aliphatic rings. The first-order valence-electron chi connectivity index (χ1n) is 17.4. The smallest absolute Gasteiger partial charge is 0.302 e. The van der Waals surface area contributed by atoms with Crippen LogP contribution in [0.1, 0.15) is 113 Å². The van der Waals surface area contributed by atoms with E-state index in [1.165, 1.54) is 31.3 Å². The van der Waals surface area contributed by atoms with Crippen LogP contribution in [0.5, 0.6) is 5.75 Å². The molecule has 0 unspecified atom stereocenters. The van der Waals surface area contributed by atoms with E-state index in [0.717, 1.165) is 50.0 Å². The van der Waals surface area contributed by atoms with E-state index in [1.54, 1.807) is 14.0 Å². The fourth-order valence-electron chi connectivity index (χ4n) is 12.9. The van der Waals surface area contributed by atoms with Crippen molar-refractivity contribution in [1.82, 2.24) is 0 Å². The minimum absolute atomic E-state index is 0.00341. The first-order valence-corrected chi connectivity index (χ1v) is 17.4. The lowest BCUT2D eigenvalue weighted by Crippen LogP contribution is -2.67. The summed E-state index contributed by atoms with van der Waals surface area (Å²) < 4.78 is 11.3. The molecule has 1 N–H and O–H groups in total. The molecule has 1 amide bonds. The highest BCUT2D eigenvalue weighted by atomic mass is 16.5. The lowest BCUT2D eigenvalue weighted by atomic mass is 9.32. The molecule has 5 fully saturated rings. The Hall–Kier alpha value is -2.30. The van der Waals surface area contributed by atoms with E-state index in [4.69, 9.17) is 9.47 Å². The molecule has 1 aromatic carbocycles. The summed E-state index contributed by atoms with van der Waals surface area (Å²) in [6.45, 7) is 20.9. The van der Waals surface area contributed by atoms with Crippen LogP contribution < -0.4 is 10.1 Å². The second-order valence-electron chi connectivity index (χ2n) is 17.0. The molecular formula is C39H57NO4. The standard InChI is InChI=1S/C39H57NO4/c1-24(2)28-16-21-39(34(42)40-26-10-12-27(43-9)13-11-26)23-22-37(7)29(33(28)39)14-15-31-36(6)19-18-32(44-25(3)41)35(4,5)30(36)17-20-38(31,37)8/h10-13,28-33H,1,14-23H2,2-9H3,(H,40,42)/t28-,29+,30-,31+,32-,33+,36-,37+,38+,39-/m0/s1. The van der Waals surface area contributed by atoms with Gasteiger partial charge < -0.3 is 14.8 Å². The summed E-state index contributed by atoms with van der Waals surface area (Å²) in [5, 5.41) is 3.37. The second-order valence-corrected chi connectivity index (χ2v) is 17.0. The number of rotatable bonds is 5. The number of hydrogen-bond donors (Lipinski definition) is 1. The number of nitrogens with one attached hydrogen (secondary N) is 1. The van der Waals surface area contributed by atoms with Gasteiger partial charge in [0.05, 0.1) is 12.5 Å². The largest absolute Gasteiger partial charge is 0.497 e. The van der Waals surface area contributed by atoms with Crippen molar-refractivity contribution >= 4 is 17.6 Å². The van der Waals surface area contributed by atoms with Crippen LogP contribution in [0, 0.1) is 56.7 Å². The molecule has 6 rings (SSSR count). The Labute approximate surface area is 266 Å². The first kappa shape index (κ1) is 31.7. The normalized spacial score (nSPS) is 43.8. The summed E-state index contributed by atoms with van der Waals surface area (Å²) in [4.78, 5) is 26.5. The minimum atomic E-state index is -0.345. The van der Waals surface area contributed by atoms with Crippen molar-refractivity contribution in [3.05, 3.63) is 36.4 Å². The molecule has 0 bridgehead atoms. The molecule has 0 aromatic heterocycles. The number of anilines is 1. The van der Waals surface area contributed by atoms with Gasteiger partial charge in [0, 0.05) is 18.0 Å². The molecule has 44 heavy (non-hydrogen) atoms. The minimum Gasteiger partial charge on any atom is -0.497 e. The van der Waals surface area contributed by atoms with Crippen molar-refractivity contribution in [2.45, 2.75) is 119 Å². The van der Waals surface area contributed by atoms with Crippen molar-refractivity contribution in [2.75, 3.05) is 12.4 Å². The zero-order chi connectivity index (χ0) is 31.9. The maximum atomic E-state index is 14.4. The van der Waals surface area contributed by atoms with Gasteiger partial charge in [-0.3, -0.25) is 9.59 Å². The molecule has 5 saturated carbocycles. The van der Waals surface area contributed by atoms with E-state index in [9.17, 15) is 9.59 Å². The van der Waals surface area contributed by atoms with Gasteiger partial charge in [0.25, 0.3) is 0 Å². The number of benzene rings is 1. The van der Waals surface area contributed by atoms with Crippen molar-refractivity contribution < 1.29 is 19.1 Å². The number of amides is 1. The highest BCUT2D eigenvalue weighted by Gasteiger charge is 2.72. The lowest BCUT2D eigenvalue weighted by molar-refractivity contribution is -0.248. The molecule has 0 radical (unpaired) electrons. The molecule has 0 heterocycles. The van der Waals surface area contributed by atoms with Crippen molar-refractivity contribution in [2.24, 2.45) is 56.7 Å². The Morgan fingerprint density at radius 1 is 0.818 bits per heavy atom. The molecule has 5 aliphatic carbocycles. The molecule has 0 aliphatic heterocycles. The predicted octanol–water partition coefficient (Wildman–Crippen LogP) is 9.22. The fourth-order valence-corrected chi connectivity index (χ4v) is 12.9. The van der Waals surface area contributed by atoms with Crippen molar-refractivity contribution in [1.29, 1.82) is 0 Å². The average Bonchev–Trinajstić information content (AvgIpc) is 3.37. The Bertz CT molecular complexity index is 1320. The SMILES string of the molecule is C=C(C)[C@@H]1CC[C@]2(C(=O)Nc3ccc(OC)cc3)CC[C@]3(C)[C@H](CC[C@@H]4[C@@]5(C)CC[C@H](OC(C)=O)C(C)(C)[C@@H]5CC[C@]43C)[C@@H]12. The van der Waals surface area contributed by atoms with Gasteiger partial charge in [0.1, 0.15) is 11.9 Å². The molecule has 242 valence electrons. The van der Waals surface area contributed by atoms with Crippen LogP contribution in [-0.2, 0) is 14.3 Å². The van der Waals surface area contributed by atoms with Crippen LogP contribution in [0.2, 0.25) is 0 Å². The number of ether oxygens (including phenoxy) is 2. The third-order valence-electron chi connectivity index (χ3n) is 15.1. The van der Waals surface area contributed by atoms with Crippen LogP contribution in [0.4, 0.5) is 5.69 Å². The molecule has 0 spiro atoms. The highest BCUT2D eigenvalue weighted by Crippen LogP contribution is 2.77. The molecule has 1 aromatic rings. The number of carbonyl (C=O) groups excluding carboxylic acids is 2. The van der Waals surface area contributed by atoms with Crippen molar-refractivity contribution in [3.8, 4) is 5.75 Å². The Balaban J connectivity index is 1.33. The summed E-state index contributed by atoms with van der Waals surface area (Å²) in [5.74, 6) is 3.28. The topological polar surface area (TPSA) is 64.6 Å². The van der Waals surface area contributed by atoms with Crippen LogP contribution in [0.15, 0.2) is 36.4 Å². The van der Waals surface area contributed by atoms with E-state index in [2.05, 4.69) is 53.4 Å². The third-order valence-corrected chi connectivity index (χ3v) is 15.1. The Kier molecular flexibility index (Phi) is 7.65. The van der Waals surface area contributed by atoms with Crippen LogP contribution >= 0.6 is 0 Å². The maximum absolute atomic E-state index is 14.4. The van der Waals surface area contributed by atoms with E-state index in [1.807, 2.05) is 24.3 Å². The van der Waals surface area contributed by atoms with Crippen molar-refractivity contribution in [3.63, 3.8) is 0 Å².